The van der Waals surface area contributed by atoms with E-state index in [1.165, 1.54) is 4.40 Å². The molecular weight excluding hydrogens is 408 g/mol. The van der Waals surface area contributed by atoms with Gasteiger partial charge >= 0.3 is 0 Å². The van der Waals surface area contributed by atoms with E-state index in [1.807, 2.05) is 66.7 Å². The topological polar surface area (TPSA) is 95.1 Å². The number of benzene rings is 2. The molecule has 0 atom stereocenters. The lowest BCUT2D eigenvalue weighted by Crippen LogP contribution is -2.25. The summed E-state index contributed by atoms with van der Waals surface area (Å²) in [4.78, 5) is 13.5. The fourth-order valence-electron chi connectivity index (χ4n) is 4.74. The van der Waals surface area contributed by atoms with Crippen LogP contribution >= 0.6 is 0 Å². The lowest BCUT2D eigenvalue weighted by molar-refractivity contribution is 0.819. The van der Waals surface area contributed by atoms with Crippen LogP contribution in [0.25, 0.3) is 28.3 Å². The van der Waals surface area contributed by atoms with Gasteiger partial charge in [-0.3, -0.25) is 9.20 Å². The van der Waals surface area contributed by atoms with Crippen LogP contribution in [0.2, 0.25) is 0 Å². The minimum absolute atomic E-state index is 0.0670. The van der Waals surface area contributed by atoms with Gasteiger partial charge in [-0.15, -0.1) is 0 Å². The molecule has 2 aromatic carbocycles. The molecule has 158 valence electrons. The highest BCUT2D eigenvalue weighted by molar-refractivity contribution is 5.91. The molecule has 0 bridgehead atoms. The lowest BCUT2D eigenvalue weighted by atomic mass is 9.83. The first-order valence-corrected chi connectivity index (χ1v) is 10.8. The normalized spacial score (nSPS) is 13.9. The van der Waals surface area contributed by atoms with E-state index in [2.05, 4.69) is 18.2 Å². The lowest BCUT2D eigenvalue weighted by Gasteiger charge is -2.24. The van der Waals surface area contributed by atoms with Gasteiger partial charge in [-0.05, 0) is 47.6 Å². The van der Waals surface area contributed by atoms with Crippen molar-refractivity contribution in [2.24, 2.45) is 0 Å². The van der Waals surface area contributed by atoms with Crippen LogP contribution in [-0.4, -0.2) is 4.40 Å². The van der Waals surface area contributed by atoms with Crippen molar-refractivity contribution in [1.29, 1.82) is 10.5 Å². The second kappa shape index (κ2) is 8.15. The number of nitriles is 2. The second-order valence-electron chi connectivity index (χ2n) is 8.10. The summed E-state index contributed by atoms with van der Waals surface area (Å²) in [5.74, 6) is 0.0670. The Balaban J connectivity index is 1.90. The van der Waals surface area contributed by atoms with Gasteiger partial charge in [0.1, 0.15) is 29.1 Å². The highest BCUT2D eigenvalue weighted by atomic mass is 16.1. The number of nitrogen functional groups attached to an aromatic ring is 1. The highest BCUT2D eigenvalue weighted by Crippen LogP contribution is 2.38. The quantitative estimate of drug-likeness (QED) is 0.476. The number of rotatable bonds is 2. The Kier molecular flexibility index (Phi) is 5.01. The van der Waals surface area contributed by atoms with Crippen molar-refractivity contribution in [1.82, 2.24) is 4.40 Å². The predicted molar refractivity (Wildman–Crippen MR) is 130 cm³/mol. The van der Waals surface area contributed by atoms with Gasteiger partial charge in [-0.25, -0.2) is 0 Å². The summed E-state index contributed by atoms with van der Waals surface area (Å²) >= 11 is 0. The molecular formula is C28H20N4O. The second-order valence-corrected chi connectivity index (χ2v) is 8.10. The van der Waals surface area contributed by atoms with Gasteiger partial charge in [0.25, 0.3) is 5.56 Å². The minimum Gasteiger partial charge on any atom is -0.384 e. The van der Waals surface area contributed by atoms with E-state index < -0.39 is 5.56 Å². The molecule has 4 aromatic rings. The molecule has 2 heterocycles. The van der Waals surface area contributed by atoms with Crippen LogP contribution < -0.4 is 11.3 Å². The third-order valence-corrected chi connectivity index (χ3v) is 6.21. The first-order valence-electron chi connectivity index (χ1n) is 10.8. The van der Waals surface area contributed by atoms with Crippen molar-refractivity contribution < 1.29 is 0 Å². The van der Waals surface area contributed by atoms with Crippen molar-refractivity contribution in [3.8, 4) is 23.3 Å². The number of aromatic nitrogens is 1. The van der Waals surface area contributed by atoms with E-state index >= 15 is 0 Å². The van der Waals surface area contributed by atoms with Gasteiger partial charge in [-0.2, -0.15) is 10.5 Å². The van der Waals surface area contributed by atoms with E-state index in [4.69, 9.17) is 5.73 Å². The molecule has 2 aromatic heterocycles. The van der Waals surface area contributed by atoms with Crippen molar-refractivity contribution in [3.05, 3.63) is 105 Å². The maximum Gasteiger partial charge on any atom is 0.275 e. The molecule has 0 fully saturated rings. The summed E-state index contributed by atoms with van der Waals surface area (Å²) in [6.45, 7) is 0. The fourth-order valence-corrected chi connectivity index (χ4v) is 4.74. The Hall–Kier alpha value is -4.61. The Morgan fingerprint density at radius 2 is 1.58 bits per heavy atom. The monoisotopic (exact) mass is 428 g/mol. The molecule has 0 unspecified atom stereocenters. The van der Waals surface area contributed by atoms with E-state index in [0.717, 1.165) is 41.5 Å². The Morgan fingerprint density at radius 3 is 2.24 bits per heavy atom. The standard InChI is InChI=1S/C28H20N4O/c29-16-23-22(19-10-5-2-6-11-19)15-25-21-13-7-12-20(14-18-8-3-1-4-9-18)26(21)24(17-30)28(33)32(25)27(23)31/h1-6,8-11,14-15H,7,12-13,31H2/b20-14+. The highest BCUT2D eigenvalue weighted by Gasteiger charge is 2.26. The number of fused-ring (bicyclic) bond motifs is 3. The maximum atomic E-state index is 13.5. The van der Waals surface area contributed by atoms with Crippen LogP contribution in [-0.2, 0) is 6.42 Å². The molecule has 5 heteroatoms. The molecule has 1 aliphatic rings. The van der Waals surface area contributed by atoms with Gasteiger partial charge in [0.05, 0.1) is 5.52 Å². The van der Waals surface area contributed by atoms with Crippen LogP contribution in [0.5, 0.6) is 0 Å². The van der Waals surface area contributed by atoms with Gasteiger partial charge in [0, 0.05) is 11.1 Å². The van der Waals surface area contributed by atoms with Gasteiger partial charge in [0.15, 0.2) is 0 Å². The van der Waals surface area contributed by atoms with Gasteiger partial charge in [0.2, 0.25) is 0 Å². The number of allylic oxidation sites excluding steroid dienone is 1. The van der Waals surface area contributed by atoms with Crippen molar-refractivity contribution >= 4 is 23.0 Å². The summed E-state index contributed by atoms with van der Waals surface area (Å²) in [7, 11) is 0. The summed E-state index contributed by atoms with van der Waals surface area (Å²) in [5, 5.41) is 19.8. The number of pyridine rings is 2. The Morgan fingerprint density at radius 1 is 0.909 bits per heavy atom. The Bertz CT molecular complexity index is 1570. The number of nitrogens with zero attached hydrogens (tertiary/aromatic N) is 3. The Labute approximate surface area is 191 Å². The molecule has 0 aliphatic heterocycles. The number of aryl methyl sites for hydroxylation is 1. The molecule has 33 heavy (non-hydrogen) atoms. The minimum atomic E-state index is -0.485. The number of anilines is 1. The third-order valence-electron chi connectivity index (χ3n) is 6.21. The third kappa shape index (κ3) is 3.28. The zero-order valence-electron chi connectivity index (χ0n) is 17.9. The SMILES string of the molecule is N#Cc1c(-c2ccccc2)cc2c3c(c(C#N)c(=O)n2c1N)/C(=C/c1ccccc1)CCC3. The van der Waals surface area contributed by atoms with E-state index in [1.54, 1.807) is 0 Å². The van der Waals surface area contributed by atoms with Crippen molar-refractivity contribution in [2.45, 2.75) is 19.3 Å². The summed E-state index contributed by atoms with van der Waals surface area (Å²) in [5.41, 5.74) is 12.0. The van der Waals surface area contributed by atoms with Crippen LogP contribution in [0.3, 0.4) is 0 Å². The predicted octanol–water partition coefficient (Wildman–Crippen LogP) is 5.17. The molecule has 0 amide bonds. The number of hydrogen-bond acceptors (Lipinski definition) is 4. The number of nitrogens with two attached hydrogens (primary N) is 1. The van der Waals surface area contributed by atoms with Crippen molar-refractivity contribution in [3.63, 3.8) is 0 Å². The smallest absolute Gasteiger partial charge is 0.275 e. The molecule has 0 saturated carbocycles. The fraction of sp³-hybridized carbons (Fsp3) is 0.107. The maximum absolute atomic E-state index is 13.5. The zero-order valence-corrected chi connectivity index (χ0v) is 17.9. The molecule has 5 rings (SSSR count). The molecule has 0 spiro atoms. The van der Waals surface area contributed by atoms with Gasteiger partial charge < -0.3 is 5.73 Å². The van der Waals surface area contributed by atoms with E-state index in [9.17, 15) is 15.3 Å². The first kappa shape index (κ1) is 20.3. The van der Waals surface area contributed by atoms with Crippen molar-refractivity contribution in [2.75, 3.05) is 5.73 Å². The van der Waals surface area contributed by atoms with E-state index in [-0.39, 0.29) is 16.9 Å². The summed E-state index contributed by atoms with van der Waals surface area (Å²) < 4.78 is 1.34. The van der Waals surface area contributed by atoms with Gasteiger partial charge in [-0.1, -0.05) is 66.7 Å². The van der Waals surface area contributed by atoms with E-state index in [0.29, 0.717) is 16.6 Å². The molecule has 0 radical (unpaired) electrons. The number of hydrogen-bond donors (Lipinski definition) is 1. The molecule has 5 nitrogen and oxygen atoms in total. The average molecular weight is 428 g/mol. The summed E-state index contributed by atoms with van der Waals surface area (Å²) in [6, 6.07) is 25.6. The first-order chi connectivity index (χ1) is 16.1. The molecule has 0 saturated heterocycles. The molecule has 2 N–H and O–H groups in total. The zero-order chi connectivity index (χ0) is 22.9. The largest absolute Gasteiger partial charge is 0.384 e. The van der Waals surface area contributed by atoms with Crippen LogP contribution in [0, 0.1) is 22.7 Å². The van der Waals surface area contributed by atoms with Crippen LogP contribution in [0.15, 0.2) is 71.5 Å². The van der Waals surface area contributed by atoms with Crippen LogP contribution in [0.4, 0.5) is 5.82 Å². The molecule has 1 aliphatic carbocycles. The summed E-state index contributed by atoms with van der Waals surface area (Å²) in [6.07, 6.45) is 4.45. The average Bonchev–Trinajstić information content (AvgIpc) is 2.85. The van der Waals surface area contributed by atoms with Crippen LogP contribution in [0.1, 0.15) is 40.7 Å².